The number of ether oxygens (including phenoxy) is 1. The Balaban J connectivity index is 2.13. The monoisotopic (exact) mass is 283 g/mol. The van der Waals surface area contributed by atoms with E-state index in [9.17, 15) is 4.79 Å². The lowest BCUT2D eigenvalue weighted by Crippen LogP contribution is -2.04. The van der Waals surface area contributed by atoms with Gasteiger partial charge in [-0.2, -0.15) is 0 Å². The van der Waals surface area contributed by atoms with Gasteiger partial charge in [0.05, 0.1) is 5.56 Å². The normalized spacial score (nSPS) is 10.4. The van der Waals surface area contributed by atoms with Crippen LogP contribution < -0.4 is 10.5 Å². The molecule has 2 aromatic rings. The van der Waals surface area contributed by atoms with Crippen molar-refractivity contribution in [1.82, 2.24) is 0 Å². The highest BCUT2D eigenvalue weighted by Crippen LogP contribution is 2.24. The van der Waals surface area contributed by atoms with E-state index in [1.807, 2.05) is 6.92 Å². The zero-order valence-corrected chi connectivity index (χ0v) is 12.6. The Bertz CT molecular complexity index is 618. The summed E-state index contributed by atoms with van der Waals surface area (Å²) in [5, 5.41) is 0. The predicted molar refractivity (Wildman–Crippen MR) is 85.6 cm³/mol. The second-order valence-electron chi connectivity index (χ2n) is 4.99. The molecule has 110 valence electrons. The van der Waals surface area contributed by atoms with Gasteiger partial charge >= 0.3 is 0 Å². The van der Waals surface area contributed by atoms with E-state index in [1.165, 1.54) is 5.56 Å². The fraction of sp³-hybridized carbons (Fsp3) is 0.278. The van der Waals surface area contributed by atoms with Crippen molar-refractivity contribution in [2.24, 2.45) is 0 Å². The number of Topliss-reactive ketones (excluding diaryl/α,β-unsaturated/α-hetero) is 1. The van der Waals surface area contributed by atoms with Crippen molar-refractivity contribution < 1.29 is 9.53 Å². The first-order valence-electron chi connectivity index (χ1n) is 7.27. The Hall–Kier alpha value is -2.29. The number of ketones is 1. The molecule has 0 radical (unpaired) electrons. The minimum Gasteiger partial charge on any atom is -0.488 e. The van der Waals surface area contributed by atoms with Crippen molar-refractivity contribution in [2.75, 3.05) is 5.73 Å². The highest BCUT2D eigenvalue weighted by molar-refractivity contribution is 5.99. The van der Waals surface area contributed by atoms with Gasteiger partial charge < -0.3 is 10.5 Å². The van der Waals surface area contributed by atoms with Crippen LogP contribution in [-0.2, 0) is 13.0 Å². The minimum atomic E-state index is 0.0404. The highest BCUT2D eigenvalue weighted by atomic mass is 16.5. The molecule has 0 spiro atoms. The topological polar surface area (TPSA) is 52.3 Å². The van der Waals surface area contributed by atoms with E-state index < -0.39 is 0 Å². The van der Waals surface area contributed by atoms with E-state index in [-0.39, 0.29) is 5.78 Å². The van der Waals surface area contributed by atoms with Crippen LogP contribution in [0.5, 0.6) is 5.75 Å². The number of aryl methyl sites for hydroxylation is 1. The Morgan fingerprint density at radius 2 is 1.71 bits per heavy atom. The molecule has 0 aliphatic carbocycles. The van der Waals surface area contributed by atoms with Crippen LogP contribution in [-0.4, -0.2) is 5.78 Å². The summed E-state index contributed by atoms with van der Waals surface area (Å²) < 4.78 is 5.80. The van der Waals surface area contributed by atoms with Gasteiger partial charge in [0.2, 0.25) is 0 Å². The number of anilines is 1. The molecule has 0 fully saturated rings. The molecule has 2 rings (SSSR count). The van der Waals surface area contributed by atoms with Crippen molar-refractivity contribution in [1.29, 1.82) is 0 Å². The number of nitrogen functional groups attached to an aromatic ring is 1. The summed E-state index contributed by atoms with van der Waals surface area (Å²) in [7, 11) is 0. The highest BCUT2D eigenvalue weighted by Gasteiger charge is 2.11. The van der Waals surface area contributed by atoms with Crippen LogP contribution in [0, 0.1) is 0 Å². The SMILES string of the molecule is CCC(=O)c1cc(N)ccc1OCc1ccc(CC)cc1. The number of carbonyl (C=O) groups is 1. The van der Waals surface area contributed by atoms with Crippen LogP contribution in [0.15, 0.2) is 42.5 Å². The first-order valence-corrected chi connectivity index (χ1v) is 7.27. The molecule has 2 N–H and O–H groups in total. The minimum absolute atomic E-state index is 0.0404. The molecule has 0 unspecified atom stereocenters. The Kier molecular flexibility index (Phi) is 4.99. The van der Waals surface area contributed by atoms with Gasteiger partial charge in [0.25, 0.3) is 0 Å². The van der Waals surface area contributed by atoms with Gasteiger partial charge in [-0.1, -0.05) is 38.1 Å². The second-order valence-corrected chi connectivity index (χ2v) is 4.99. The van der Waals surface area contributed by atoms with Crippen molar-refractivity contribution >= 4 is 11.5 Å². The van der Waals surface area contributed by atoms with Crippen LogP contribution >= 0.6 is 0 Å². The van der Waals surface area contributed by atoms with Gasteiger partial charge in [-0.05, 0) is 35.7 Å². The number of rotatable bonds is 6. The zero-order chi connectivity index (χ0) is 15.2. The molecule has 2 aromatic carbocycles. The van der Waals surface area contributed by atoms with Gasteiger partial charge in [-0.25, -0.2) is 0 Å². The average molecular weight is 283 g/mol. The lowest BCUT2D eigenvalue weighted by molar-refractivity contribution is 0.0984. The van der Waals surface area contributed by atoms with E-state index in [1.54, 1.807) is 18.2 Å². The van der Waals surface area contributed by atoms with Gasteiger partial charge in [0.1, 0.15) is 12.4 Å². The molecule has 21 heavy (non-hydrogen) atoms. The van der Waals surface area contributed by atoms with Crippen LogP contribution in [0.2, 0.25) is 0 Å². The summed E-state index contributed by atoms with van der Waals surface area (Å²) in [5.74, 6) is 0.634. The number of hydrogen-bond donors (Lipinski definition) is 1. The second kappa shape index (κ2) is 6.93. The fourth-order valence-corrected chi connectivity index (χ4v) is 2.11. The Morgan fingerprint density at radius 1 is 1.05 bits per heavy atom. The Labute approximate surface area is 125 Å². The van der Waals surface area contributed by atoms with Gasteiger partial charge in [0.15, 0.2) is 5.78 Å². The summed E-state index contributed by atoms with van der Waals surface area (Å²) in [6, 6.07) is 13.5. The summed E-state index contributed by atoms with van der Waals surface area (Å²) in [5.41, 5.74) is 9.27. The summed E-state index contributed by atoms with van der Waals surface area (Å²) >= 11 is 0. The van der Waals surface area contributed by atoms with E-state index in [2.05, 4.69) is 31.2 Å². The standard InChI is InChI=1S/C18H21NO2/c1-3-13-5-7-14(8-6-13)12-21-18-10-9-15(19)11-16(18)17(20)4-2/h5-11H,3-4,12,19H2,1-2H3. The molecule has 0 aliphatic rings. The van der Waals surface area contributed by atoms with Crippen molar-refractivity contribution in [3.8, 4) is 5.75 Å². The molecular formula is C18H21NO2. The van der Waals surface area contributed by atoms with Crippen LogP contribution in [0.3, 0.4) is 0 Å². The molecule has 0 saturated heterocycles. The lowest BCUT2D eigenvalue weighted by atomic mass is 10.1. The molecule has 0 aliphatic heterocycles. The van der Waals surface area contributed by atoms with Crippen molar-refractivity contribution in [3.63, 3.8) is 0 Å². The lowest BCUT2D eigenvalue weighted by Gasteiger charge is -2.11. The first kappa shape index (κ1) is 15.1. The maximum Gasteiger partial charge on any atom is 0.166 e. The molecule has 0 saturated carbocycles. The van der Waals surface area contributed by atoms with Crippen molar-refractivity contribution in [2.45, 2.75) is 33.3 Å². The number of carbonyl (C=O) groups excluding carboxylic acids is 1. The largest absolute Gasteiger partial charge is 0.488 e. The average Bonchev–Trinajstić information content (AvgIpc) is 2.53. The zero-order valence-electron chi connectivity index (χ0n) is 12.6. The maximum absolute atomic E-state index is 11.9. The molecule has 0 heterocycles. The van der Waals surface area contributed by atoms with Gasteiger partial charge in [0, 0.05) is 12.1 Å². The predicted octanol–water partition coefficient (Wildman–Crippen LogP) is 4.00. The molecule has 0 atom stereocenters. The van der Waals surface area contributed by atoms with E-state index in [0.717, 1.165) is 12.0 Å². The van der Waals surface area contributed by atoms with Crippen LogP contribution in [0.4, 0.5) is 5.69 Å². The van der Waals surface area contributed by atoms with E-state index in [4.69, 9.17) is 10.5 Å². The summed E-state index contributed by atoms with van der Waals surface area (Å²) in [6.45, 7) is 4.40. The third-order valence-electron chi connectivity index (χ3n) is 3.45. The number of benzene rings is 2. The van der Waals surface area contributed by atoms with Crippen molar-refractivity contribution in [3.05, 3.63) is 59.2 Å². The molecule has 0 aromatic heterocycles. The molecule has 0 amide bonds. The van der Waals surface area contributed by atoms with Gasteiger partial charge in [-0.15, -0.1) is 0 Å². The smallest absolute Gasteiger partial charge is 0.166 e. The molecular weight excluding hydrogens is 262 g/mol. The molecule has 3 heteroatoms. The molecule has 3 nitrogen and oxygen atoms in total. The quantitative estimate of drug-likeness (QED) is 0.644. The fourth-order valence-electron chi connectivity index (χ4n) is 2.11. The van der Waals surface area contributed by atoms with Crippen LogP contribution in [0.1, 0.15) is 41.8 Å². The van der Waals surface area contributed by atoms with E-state index >= 15 is 0 Å². The Morgan fingerprint density at radius 3 is 2.33 bits per heavy atom. The van der Waals surface area contributed by atoms with Crippen LogP contribution in [0.25, 0.3) is 0 Å². The summed E-state index contributed by atoms with van der Waals surface area (Å²) in [4.78, 5) is 11.9. The third-order valence-corrected chi connectivity index (χ3v) is 3.45. The first-order chi connectivity index (χ1) is 10.1. The number of hydrogen-bond acceptors (Lipinski definition) is 3. The van der Waals surface area contributed by atoms with E-state index in [0.29, 0.717) is 30.0 Å². The number of nitrogens with two attached hydrogens (primary N) is 1. The van der Waals surface area contributed by atoms with Gasteiger partial charge in [-0.3, -0.25) is 4.79 Å². The third kappa shape index (κ3) is 3.85. The summed E-state index contributed by atoms with van der Waals surface area (Å²) in [6.07, 6.45) is 1.46. The molecule has 0 bridgehead atoms. The maximum atomic E-state index is 11.9.